The molecule has 1 aliphatic carbocycles. The number of hydrogen-bond acceptors (Lipinski definition) is 5. The average Bonchev–Trinajstić information content (AvgIpc) is 2.89. The molecule has 3 rings (SSSR count). The fraction of sp³-hybridized carbons (Fsp3) is 0.786. The van der Waals surface area contributed by atoms with Gasteiger partial charge in [-0.15, -0.1) is 11.3 Å². The smallest absolute Gasteiger partial charge is 0.185 e. The first-order valence-electron chi connectivity index (χ1n) is 7.32. The third kappa shape index (κ3) is 3.46. The van der Waals surface area contributed by atoms with Crippen molar-refractivity contribution in [3.8, 4) is 0 Å². The highest BCUT2D eigenvalue weighted by atomic mass is 32.1. The van der Waals surface area contributed by atoms with Gasteiger partial charge in [-0.25, -0.2) is 4.98 Å². The SMILES string of the molecule is CN(C)CC1CCCN1c1ncc(CNC2CC2)s1. The Balaban J connectivity index is 1.60. The minimum absolute atomic E-state index is 0.644. The van der Waals surface area contributed by atoms with E-state index < -0.39 is 0 Å². The molecule has 1 aromatic rings. The van der Waals surface area contributed by atoms with E-state index in [0.29, 0.717) is 6.04 Å². The molecule has 1 atom stereocenters. The molecule has 0 spiro atoms. The summed E-state index contributed by atoms with van der Waals surface area (Å²) < 4.78 is 0. The standard InChI is InChI=1S/C14H24N4S/c1-17(2)10-12-4-3-7-18(12)14-16-9-13(19-14)8-15-11-5-6-11/h9,11-12,15H,3-8,10H2,1-2H3. The highest BCUT2D eigenvalue weighted by Crippen LogP contribution is 2.30. The van der Waals surface area contributed by atoms with Crippen molar-refractivity contribution in [2.24, 2.45) is 0 Å². The van der Waals surface area contributed by atoms with Crippen LogP contribution < -0.4 is 10.2 Å². The number of rotatable bonds is 6. The first kappa shape index (κ1) is 13.3. The first-order valence-corrected chi connectivity index (χ1v) is 8.13. The molecule has 4 nitrogen and oxygen atoms in total. The van der Waals surface area contributed by atoms with Gasteiger partial charge in [0.05, 0.1) is 0 Å². The van der Waals surface area contributed by atoms with Gasteiger partial charge < -0.3 is 15.1 Å². The second-order valence-electron chi connectivity index (χ2n) is 6.02. The molecular weight excluding hydrogens is 256 g/mol. The summed E-state index contributed by atoms with van der Waals surface area (Å²) in [7, 11) is 4.31. The zero-order valence-electron chi connectivity index (χ0n) is 11.9. The topological polar surface area (TPSA) is 31.4 Å². The van der Waals surface area contributed by atoms with E-state index in [2.05, 4.69) is 40.4 Å². The van der Waals surface area contributed by atoms with Crippen LogP contribution in [0.4, 0.5) is 5.13 Å². The van der Waals surface area contributed by atoms with Crippen molar-refractivity contribution in [3.63, 3.8) is 0 Å². The van der Waals surface area contributed by atoms with E-state index in [0.717, 1.165) is 19.1 Å². The van der Waals surface area contributed by atoms with Crippen LogP contribution in [-0.2, 0) is 6.54 Å². The zero-order chi connectivity index (χ0) is 13.2. The van der Waals surface area contributed by atoms with E-state index in [-0.39, 0.29) is 0 Å². The molecule has 5 heteroatoms. The number of anilines is 1. The number of nitrogens with zero attached hydrogens (tertiary/aromatic N) is 3. The summed E-state index contributed by atoms with van der Waals surface area (Å²) in [5, 5.41) is 4.78. The van der Waals surface area contributed by atoms with Crippen LogP contribution in [0.2, 0.25) is 0 Å². The van der Waals surface area contributed by atoms with Gasteiger partial charge in [0, 0.05) is 42.8 Å². The van der Waals surface area contributed by atoms with Crippen molar-refractivity contribution in [1.29, 1.82) is 0 Å². The molecule has 106 valence electrons. The Kier molecular flexibility index (Phi) is 4.05. The predicted molar refractivity (Wildman–Crippen MR) is 80.9 cm³/mol. The van der Waals surface area contributed by atoms with Crippen LogP contribution in [0.3, 0.4) is 0 Å². The lowest BCUT2D eigenvalue weighted by Crippen LogP contribution is -2.37. The highest BCUT2D eigenvalue weighted by Gasteiger charge is 2.27. The number of nitrogens with one attached hydrogen (secondary N) is 1. The summed E-state index contributed by atoms with van der Waals surface area (Å²) >= 11 is 1.86. The lowest BCUT2D eigenvalue weighted by Gasteiger charge is -2.26. The molecule has 0 radical (unpaired) electrons. The van der Waals surface area contributed by atoms with Gasteiger partial charge >= 0.3 is 0 Å². The van der Waals surface area contributed by atoms with Crippen molar-refractivity contribution >= 4 is 16.5 Å². The molecule has 1 saturated heterocycles. The fourth-order valence-electron chi connectivity index (χ4n) is 2.74. The van der Waals surface area contributed by atoms with Crippen molar-refractivity contribution in [1.82, 2.24) is 15.2 Å². The zero-order valence-corrected chi connectivity index (χ0v) is 12.7. The van der Waals surface area contributed by atoms with Crippen LogP contribution in [-0.4, -0.2) is 49.2 Å². The summed E-state index contributed by atoms with van der Waals surface area (Å²) in [5.41, 5.74) is 0. The third-order valence-electron chi connectivity index (χ3n) is 3.88. The quantitative estimate of drug-likeness (QED) is 0.863. The predicted octanol–water partition coefficient (Wildman–Crippen LogP) is 1.93. The highest BCUT2D eigenvalue weighted by molar-refractivity contribution is 7.15. The maximum absolute atomic E-state index is 4.64. The second kappa shape index (κ2) is 5.77. The summed E-state index contributed by atoms with van der Waals surface area (Å²) in [4.78, 5) is 10.8. The van der Waals surface area contributed by atoms with E-state index in [9.17, 15) is 0 Å². The van der Waals surface area contributed by atoms with Gasteiger partial charge in [-0.05, 0) is 39.8 Å². The first-order chi connectivity index (χ1) is 9.22. The molecule has 1 unspecified atom stereocenters. The van der Waals surface area contributed by atoms with Gasteiger partial charge in [0.1, 0.15) is 0 Å². The lowest BCUT2D eigenvalue weighted by molar-refractivity contribution is 0.372. The summed E-state index contributed by atoms with van der Waals surface area (Å²) in [6, 6.07) is 1.42. The molecule has 1 aromatic heterocycles. The van der Waals surface area contributed by atoms with Gasteiger partial charge in [-0.1, -0.05) is 0 Å². The summed E-state index contributed by atoms with van der Waals surface area (Å²) in [6.07, 6.45) is 7.35. The third-order valence-corrected chi connectivity index (χ3v) is 4.92. The summed E-state index contributed by atoms with van der Waals surface area (Å²) in [5.74, 6) is 0. The van der Waals surface area contributed by atoms with Gasteiger partial charge in [-0.2, -0.15) is 0 Å². The molecule has 2 fully saturated rings. The molecule has 1 saturated carbocycles. The van der Waals surface area contributed by atoms with Crippen LogP contribution in [0.15, 0.2) is 6.20 Å². The van der Waals surface area contributed by atoms with Crippen molar-refractivity contribution in [3.05, 3.63) is 11.1 Å². The summed E-state index contributed by atoms with van der Waals surface area (Å²) in [6.45, 7) is 3.30. The monoisotopic (exact) mass is 280 g/mol. The van der Waals surface area contributed by atoms with Crippen molar-refractivity contribution in [2.75, 3.05) is 32.1 Å². The number of hydrogen-bond donors (Lipinski definition) is 1. The molecule has 19 heavy (non-hydrogen) atoms. The van der Waals surface area contributed by atoms with Crippen LogP contribution in [0.1, 0.15) is 30.6 Å². The largest absolute Gasteiger partial charge is 0.344 e. The maximum atomic E-state index is 4.64. The van der Waals surface area contributed by atoms with Crippen molar-refractivity contribution < 1.29 is 0 Å². The average molecular weight is 280 g/mol. The Bertz CT molecular complexity index is 413. The number of likely N-dealkylation sites (N-methyl/N-ethyl adjacent to an activating group) is 1. The molecule has 1 aliphatic heterocycles. The van der Waals surface area contributed by atoms with E-state index in [1.54, 1.807) is 0 Å². The Hall–Kier alpha value is -0.650. The van der Waals surface area contributed by atoms with Crippen LogP contribution in [0.25, 0.3) is 0 Å². The normalized spacial score (nSPS) is 23.5. The van der Waals surface area contributed by atoms with Gasteiger partial charge in [0.2, 0.25) is 0 Å². The molecular formula is C14H24N4S. The molecule has 1 N–H and O–H groups in total. The van der Waals surface area contributed by atoms with Crippen LogP contribution in [0, 0.1) is 0 Å². The molecule has 0 bridgehead atoms. The molecule has 2 heterocycles. The van der Waals surface area contributed by atoms with Crippen LogP contribution >= 0.6 is 11.3 Å². The maximum Gasteiger partial charge on any atom is 0.185 e. The minimum Gasteiger partial charge on any atom is -0.344 e. The number of aromatic nitrogens is 1. The second-order valence-corrected chi connectivity index (χ2v) is 7.11. The van der Waals surface area contributed by atoms with Crippen molar-refractivity contribution in [2.45, 2.75) is 44.3 Å². The van der Waals surface area contributed by atoms with E-state index >= 15 is 0 Å². The molecule has 2 aliphatic rings. The van der Waals surface area contributed by atoms with E-state index in [1.807, 2.05) is 11.3 Å². The Labute approximate surface area is 119 Å². The van der Waals surface area contributed by atoms with E-state index in [4.69, 9.17) is 0 Å². The fourth-order valence-corrected chi connectivity index (χ4v) is 3.70. The lowest BCUT2D eigenvalue weighted by atomic mass is 10.2. The minimum atomic E-state index is 0.644. The molecule has 0 aromatic carbocycles. The number of thiazole rings is 1. The van der Waals surface area contributed by atoms with E-state index in [1.165, 1.54) is 42.2 Å². The van der Waals surface area contributed by atoms with Crippen LogP contribution in [0.5, 0.6) is 0 Å². The Morgan fingerprint density at radius 2 is 2.26 bits per heavy atom. The van der Waals surface area contributed by atoms with Gasteiger partial charge in [-0.3, -0.25) is 0 Å². The van der Waals surface area contributed by atoms with Gasteiger partial charge in [0.25, 0.3) is 0 Å². The Morgan fingerprint density at radius 3 is 3.00 bits per heavy atom. The molecule has 0 amide bonds. The Morgan fingerprint density at radius 1 is 1.42 bits per heavy atom. The van der Waals surface area contributed by atoms with Gasteiger partial charge in [0.15, 0.2) is 5.13 Å².